The van der Waals surface area contributed by atoms with Crippen LogP contribution in [0.4, 0.5) is 11.5 Å². The van der Waals surface area contributed by atoms with Crippen LogP contribution in [0.2, 0.25) is 0 Å². The molecule has 1 N–H and O–H groups in total. The molecule has 0 amide bonds. The third-order valence-corrected chi connectivity index (χ3v) is 4.51. The zero-order chi connectivity index (χ0) is 14.0. The first-order valence-electron chi connectivity index (χ1n) is 5.43. The lowest BCUT2D eigenvalue weighted by Gasteiger charge is -2.11. The van der Waals surface area contributed by atoms with Crippen molar-refractivity contribution in [3.8, 4) is 5.88 Å². The SMILES string of the molecule is COc1ncnc(NC2CCS(=O)(=O)C2)c1[N+](=O)[O-]. The number of rotatable bonds is 4. The van der Waals surface area contributed by atoms with Gasteiger partial charge in [0.2, 0.25) is 5.82 Å². The Bertz CT molecular complexity index is 603. The molecule has 104 valence electrons. The van der Waals surface area contributed by atoms with Gasteiger partial charge < -0.3 is 10.1 Å². The van der Waals surface area contributed by atoms with Crippen molar-refractivity contribution in [3.05, 3.63) is 16.4 Å². The van der Waals surface area contributed by atoms with Crippen molar-refractivity contribution in [1.29, 1.82) is 0 Å². The summed E-state index contributed by atoms with van der Waals surface area (Å²) in [6.45, 7) is 0. The van der Waals surface area contributed by atoms with Gasteiger partial charge in [0.25, 0.3) is 5.88 Å². The van der Waals surface area contributed by atoms with E-state index in [1.165, 1.54) is 7.11 Å². The number of hydrogen-bond acceptors (Lipinski definition) is 8. The molecule has 2 heterocycles. The molecule has 19 heavy (non-hydrogen) atoms. The first-order valence-corrected chi connectivity index (χ1v) is 7.25. The predicted octanol–water partition coefficient (Wildman–Crippen LogP) is -0.00760. The molecule has 0 spiro atoms. The van der Waals surface area contributed by atoms with Crippen molar-refractivity contribution in [2.45, 2.75) is 12.5 Å². The smallest absolute Gasteiger partial charge is 0.372 e. The number of nitro groups is 1. The highest BCUT2D eigenvalue weighted by atomic mass is 32.2. The number of hydrogen-bond donors (Lipinski definition) is 1. The van der Waals surface area contributed by atoms with Gasteiger partial charge in [0.1, 0.15) is 6.33 Å². The molecule has 1 fully saturated rings. The van der Waals surface area contributed by atoms with E-state index in [1.54, 1.807) is 0 Å². The third kappa shape index (κ3) is 2.89. The summed E-state index contributed by atoms with van der Waals surface area (Å²) in [4.78, 5) is 17.8. The Balaban J connectivity index is 2.28. The largest absolute Gasteiger partial charge is 0.476 e. The molecule has 1 aliphatic heterocycles. The minimum atomic E-state index is -3.07. The third-order valence-electron chi connectivity index (χ3n) is 2.74. The molecule has 0 aliphatic carbocycles. The molecule has 9 nitrogen and oxygen atoms in total. The van der Waals surface area contributed by atoms with Crippen molar-refractivity contribution in [3.63, 3.8) is 0 Å². The first kappa shape index (κ1) is 13.5. The second kappa shape index (κ2) is 4.96. The topological polar surface area (TPSA) is 124 Å². The molecule has 0 saturated carbocycles. The highest BCUT2D eigenvalue weighted by molar-refractivity contribution is 7.91. The number of sulfone groups is 1. The predicted molar refractivity (Wildman–Crippen MR) is 65.9 cm³/mol. The van der Waals surface area contributed by atoms with Gasteiger partial charge in [0.05, 0.1) is 23.5 Å². The fourth-order valence-electron chi connectivity index (χ4n) is 1.88. The molecular weight excluding hydrogens is 276 g/mol. The maximum absolute atomic E-state index is 11.3. The Hall–Kier alpha value is -1.97. The summed E-state index contributed by atoms with van der Waals surface area (Å²) in [5, 5.41) is 13.8. The van der Waals surface area contributed by atoms with Crippen LogP contribution in [-0.2, 0) is 9.84 Å². The average Bonchev–Trinajstić information content (AvgIpc) is 2.68. The van der Waals surface area contributed by atoms with Gasteiger partial charge in [-0.25, -0.2) is 13.4 Å². The van der Waals surface area contributed by atoms with E-state index in [1.807, 2.05) is 0 Å². The number of anilines is 1. The maximum Gasteiger partial charge on any atom is 0.372 e. The lowest BCUT2D eigenvalue weighted by molar-refractivity contribution is -0.385. The van der Waals surface area contributed by atoms with E-state index in [-0.39, 0.29) is 29.2 Å². The van der Waals surface area contributed by atoms with E-state index in [2.05, 4.69) is 15.3 Å². The number of aromatic nitrogens is 2. The summed E-state index contributed by atoms with van der Waals surface area (Å²) in [6.07, 6.45) is 1.52. The standard InChI is InChI=1S/C9H12N4O5S/c1-18-9-7(13(14)15)8(10-5-11-9)12-6-2-3-19(16,17)4-6/h5-6H,2-4H2,1H3,(H,10,11,12). The van der Waals surface area contributed by atoms with E-state index in [0.29, 0.717) is 6.42 Å². The van der Waals surface area contributed by atoms with Crippen molar-refractivity contribution >= 4 is 21.3 Å². The van der Waals surface area contributed by atoms with Crippen LogP contribution in [0.1, 0.15) is 6.42 Å². The number of nitrogens with zero attached hydrogens (tertiary/aromatic N) is 3. The Kier molecular flexibility index (Phi) is 3.51. The zero-order valence-corrected chi connectivity index (χ0v) is 10.9. The monoisotopic (exact) mass is 288 g/mol. The van der Waals surface area contributed by atoms with Crippen LogP contribution in [0, 0.1) is 10.1 Å². The first-order chi connectivity index (χ1) is 8.93. The van der Waals surface area contributed by atoms with Crippen LogP contribution < -0.4 is 10.1 Å². The molecule has 1 aliphatic rings. The number of ether oxygens (including phenoxy) is 1. The summed E-state index contributed by atoms with van der Waals surface area (Å²) in [5.74, 6) is -0.181. The van der Waals surface area contributed by atoms with E-state index in [0.717, 1.165) is 6.33 Å². The molecule has 0 radical (unpaired) electrons. The summed E-state index contributed by atoms with van der Waals surface area (Å²) in [6, 6.07) is -0.386. The van der Waals surface area contributed by atoms with Gasteiger partial charge in [-0.15, -0.1) is 0 Å². The van der Waals surface area contributed by atoms with Gasteiger partial charge in [0.15, 0.2) is 9.84 Å². The molecule has 1 atom stereocenters. The quantitative estimate of drug-likeness (QED) is 0.606. The van der Waals surface area contributed by atoms with Gasteiger partial charge >= 0.3 is 5.69 Å². The van der Waals surface area contributed by atoms with E-state index < -0.39 is 20.4 Å². The van der Waals surface area contributed by atoms with Crippen molar-refractivity contribution in [1.82, 2.24) is 9.97 Å². The number of nitrogens with one attached hydrogen (secondary N) is 1. The Labute approximate surface area is 109 Å². The minimum absolute atomic E-state index is 0.0287. The highest BCUT2D eigenvalue weighted by Crippen LogP contribution is 2.31. The van der Waals surface area contributed by atoms with Crippen molar-refractivity contribution in [2.24, 2.45) is 0 Å². The molecule has 2 rings (SSSR count). The molecule has 0 bridgehead atoms. The highest BCUT2D eigenvalue weighted by Gasteiger charge is 2.31. The molecular formula is C9H12N4O5S. The van der Waals surface area contributed by atoms with Gasteiger partial charge in [-0.2, -0.15) is 4.98 Å². The molecule has 1 saturated heterocycles. The van der Waals surface area contributed by atoms with Crippen molar-refractivity contribution < 1.29 is 18.1 Å². The summed E-state index contributed by atoms with van der Waals surface area (Å²) in [7, 11) is -1.81. The second-order valence-electron chi connectivity index (χ2n) is 4.08. The lowest BCUT2D eigenvalue weighted by atomic mass is 10.2. The molecule has 10 heteroatoms. The average molecular weight is 288 g/mol. The van der Waals surface area contributed by atoms with Crippen LogP contribution in [0.5, 0.6) is 5.88 Å². The Morgan fingerprint density at radius 1 is 1.53 bits per heavy atom. The van der Waals surface area contributed by atoms with Crippen molar-refractivity contribution in [2.75, 3.05) is 23.9 Å². The fourth-order valence-corrected chi connectivity index (χ4v) is 3.56. The van der Waals surface area contributed by atoms with E-state index >= 15 is 0 Å². The van der Waals surface area contributed by atoms with Crippen LogP contribution in [0.3, 0.4) is 0 Å². The normalized spacial score (nSPS) is 21.0. The van der Waals surface area contributed by atoms with Crippen LogP contribution >= 0.6 is 0 Å². The van der Waals surface area contributed by atoms with Gasteiger partial charge in [-0.05, 0) is 6.42 Å². The lowest BCUT2D eigenvalue weighted by Crippen LogP contribution is -2.22. The summed E-state index contributed by atoms with van der Waals surface area (Å²) in [5.41, 5.74) is -0.394. The van der Waals surface area contributed by atoms with E-state index in [4.69, 9.17) is 4.74 Å². The molecule has 1 aromatic rings. The van der Waals surface area contributed by atoms with Gasteiger partial charge in [-0.1, -0.05) is 0 Å². The zero-order valence-electron chi connectivity index (χ0n) is 10.1. The minimum Gasteiger partial charge on any atom is -0.476 e. The van der Waals surface area contributed by atoms with Crippen LogP contribution in [0.25, 0.3) is 0 Å². The van der Waals surface area contributed by atoms with Crippen LogP contribution in [0.15, 0.2) is 6.33 Å². The molecule has 1 unspecified atom stereocenters. The van der Waals surface area contributed by atoms with Crippen LogP contribution in [-0.4, -0.2) is 48.0 Å². The van der Waals surface area contributed by atoms with Gasteiger partial charge in [-0.3, -0.25) is 10.1 Å². The molecule has 0 aromatic carbocycles. The maximum atomic E-state index is 11.3. The summed E-state index contributed by atoms with van der Waals surface area (Å²) < 4.78 is 27.5. The number of methoxy groups -OCH3 is 1. The Morgan fingerprint density at radius 2 is 2.26 bits per heavy atom. The van der Waals surface area contributed by atoms with Gasteiger partial charge in [0, 0.05) is 6.04 Å². The second-order valence-corrected chi connectivity index (χ2v) is 6.31. The van der Waals surface area contributed by atoms with E-state index in [9.17, 15) is 18.5 Å². The fraction of sp³-hybridized carbons (Fsp3) is 0.556. The molecule has 1 aromatic heterocycles. The summed E-state index contributed by atoms with van der Waals surface area (Å²) >= 11 is 0. The Morgan fingerprint density at radius 3 is 2.79 bits per heavy atom.